The Kier molecular flexibility index (Phi) is 4.73. The first-order chi connectivity index (χ1) is 9.45. The van der Waals surface area contributed by atoms with Crippen LogP contribution in [0.4, 0.5) is 4.39 Å². The summed E-state index contributed by atoms with van der Waals surface area (Å²) in [5.41, 5.74) is 0.424. The summed E-state index contributed by atoms with van der Waals surface area (Å²) in [5.74, 6) is -0.550. The number of amides is 1. The highest BCUT2D eigenvalue weighted by Crippen LogP contribution is 2.20. The van der Waals surface area contributed by atoms with E-state index in [0.717, 1.165) is 0 Å². The van der Waals surface area contributed by atoms with Crippen molar-refractivity contribution in [2.24, 2.45) is 0 Å². The minimum Gasteiger partial charge on any atom is -0.388 e. The number of aliphatic hydroxyl groups is 1. The molecule has 0 spiro atoms. The number of nitrogens with zero attached hydrogens (tertiary/aromatic N) is 1. The molecule has 1 N–H and O–H groups in total. The number of carbonyl (C=O) groups excluding carboxylic acids is 1. The van der Waals surface area contributed by atoms with Crippen LogP contribution in [0.5, 0.6) is 0 Å². The van der Waals surface area contributed by atoms with Crippen LogP contribution in [0.2, 0.25) is 0 Å². The molecule has 1 aromatic carbocycles. The second-order valence-corrected chi connectivity index (χ2v) is 5.33. The summed E-state index contributed by atoms with van der Waals surface area (Å²) in [6.45, 7) is 4.88. The lowest BCUT2D eigenvalue weighted by atomic mass is 10.1. The van der Waals surface area contributed by atoms with Crippen molar-refractivity contribution in [3.63, 3.8) is 0 Å². The lowest BCUT2D eigenvalue weighted by Crippen LogP contribution is -2.48. The number of rotatable bonds is 3. The average Bonchev–Trinajstić information content (AvgIpc) is 2.37. The van der Waals surface area contributed by atoms with Gasteiger partial charge >= 0.3 is 0 Å². The maximum absolute atomic E-state index is 13.1. The molecular formula is C15H20FNO3. The van der Waals surface area contributed by atoms with Gasteiger partial charge in [0.05, 0.1) is 24.7 Å². The number of hydrogen-bond acceptors (Lipinski definition) is 3. The second-order valence-electron chi connectivity index (χ2n) is 5.33. The lowest BCUT2D eigenvalue weighted by Gasteiger charge is -2.35. The van der Waals surface area contributed by atoms with E-state index in [0.29, 0.717) is 18.7 Å². The molecule has 1 saturated heterocycles. The van der Waals surface area contributed by atoms with Crippen LogP contribution in [0.3, 0.4) is 0 Å². The van der Waals surface area contributed by atoms with Gasteiger partial charge in [-0.1, -0.05) is 12.1 Å². The molecule has 2 rings (SSSR count). The van der Waals surface area contributed by atoms with Crippen LogP contribution in [0.25, 0.3) is 0 Å². The highest BCUT2D eigenvalue weighted by atomic mass is 19.1. The zero-order valence-electron chi connectivity index (χ0n) is 11.8. The molecule has 0 aromatic heterocycles. The molecule has 4 nitrogen and oxygen atoms in total. The van der Waals surface area contributed by atoms with Crippen LogP contribution in [-0.2, 0) is 9.53 Å². The Morgan fingerprint density at radius 1 is 1.45 bits per heavy atom. The van der Waals surface area contributed by atoms with Gasteiger partial charge in [-0.3, -0.25) is 4.79 Å². The Labute approximate surface area is 118 Å². The van der Waals surface area contributed by atoms with Gasteiger partial charge in [-0.2, -0.15) is 0 Å². The summed E-state index contributed by atoms with van der Waals surface area (Å²) in [5, 5.41) is 10.0. The van der Waals surface area contributed by atoms with Crippen LogP contribution in [-0.4, -0.2) is 41.2 Å². The molecule has 1 aromatic rings. The van der Waals surface area contributed by atoms with Gasteiger partial charge < -0.3 is 14.7 Å². The van der Waals surface area contributed by atoms with Crippen LogP contribution in [0.15, 0.2) is 24.3 Å². The Morgan fingerprint density at radius 3 is 2.70 bits per heavy atom. The first-order valence-electron chi connectivity index (χ1n) is 6.82. The SMILES string of the molecule is CC1CN(C(=O)CC(O)c2cccc(F)c2)CC(C)O1. The molecule has 0 radical (unpaired) electrons. The predicted molar refractivity (Wildman–Crippen MR) is 72.6 cm³/mol. The molecule has 1 amide bonds. The molecule has 1 aliphatic heterocycles. The van der Waals surface area contributed by atoms with E-state index in [1.807, 2.05) is 13.8 Å². The van der Waals surface area contributed by atoms with Crippen molar-refractivity contribution in [1.29, 1.82) is 0 Å². The monoisotopic (exact) mass is 281 g/mol. The highest BCUT2D eigenvalue weighted by molar-refractivity contribution is 5.77. The number of hydrogen-bond donors (Lipinski definition) is 1. The van der Waals surface area contributed by atoms with Gasteiger partial charge in [0.15, 0.2) is 0 Å². The predicted octanol–water partition coefficient (Wildman–Crippen LogP) is 1.89. The van der Waals surface area contributed by atoms with Crippen molar-refractivity contribution in [3.8, 4) is 0 Å². The van der Waals surface area contributed by atoms with Gasteiger partial charge in [0.25, 0.3) is 0 Å². The van der Waals surface area contributed by atoms with Gasteiger partial charge in [0.2, 0.25) is 5.91 Å². The third-order valence-corrected chi connectivity index (χ3v) is 3.37. The van der Waals surface area contributed by atoms with Gasteiger partial charge in [-0.05, 0) is 31.5 Å². The first-order valence-corrected chi connectivity index (χ1v) is 6.82. The maximum Gasteiger partial charge on any atom is 0.225 e. The molecular weight excluding hydrogens is 261 g/mol. The zero-order chi connectivity index (χ0) is 14.7. The molecule has 0 aliphatic carbocycles. The van der Waals surface area contributed by atoms with Crippen molar-refractivity contribution in [2.45, 2.75) is 38.6 Å². The van der Waals surface area contributed by atoms with Gasteiger partial charge in [0, 0.05) is 13.1 Å². The number of ether oxygens (including phenoxy) is 1. The topological polar surface area (TPSA) is 49.8 Å². The highest BCUT2D eigenvalue weighted by Gasteiger charge is 2.27. The van der Waals surface area contributed by atoms with Crippen LogP contribution in [0, 0.1) is 5.82 Å². The molecule has 110 valence electrons. The quantitative estimate of drug-likeness (QED) is 0.920. The first kappa shape index (κ1) is 14.9. The fourth-order valence-corrected chi connectivity index (χ4v) is 2.51. The Hall–Kier alpha value is -1.46. The maximum atomic E-state index is 13.1. The van der Waals surface area contributed by atoms with E-state index < -0.39 is 11.9 Å². The van der Waals surface area contributed by atoms with E-state index in [1.54, 1.807) is 11.0 Å². The number of morpholine rings is 1. The molecule has 1 heterocycles. The van der Waals surface area contributed by atoms with Crippen molar-refractivity contribution >= 4 is 5.91 Å². The summed E-state index contributed by atoms with van der Waals surface area (Å²) in [4.78, 5) is 13.9. The van der Waals surface area contributed by atoms with Gasteiger partial charge in [-0.25, -0.2) is 4.39 Å². The zero-order valence-corrected chi connectivity index (χ0v) is 11.8. The normalized spacial score (nSPS) is 24.5. The van der Waals surface area contributed by atoms with Crippen LogP contribution in [0.1, 0.15) is 31.9 Å². The third kappa shape index (κ3) is 3.77. The smallest absolute Gasteiger partial charge is 0.225 e. The second kappa shape index (κ2) is 6.33. The molecule has 1 aliphatic rings. The van der Waals surface area contributed by atoms with Crippen molar-refractivity contribution in [2.75, 3.05) is 13.1 Å². The number of carbonyl (C=O) groups is 1. The summed E-state index contributed by atoms with van der Waals surface area (Å²) in [6, 6.07) is 5.70. The van der Waals surface area contributed by atoms with Gasteiger partial charge in [0.1, 0.15) is 5.82 Å². The number of aliphatic hydroxyl groups excluding tert-OH is 1. The van der Waals surface area contributed by atoms with Crippen molar-refractivity contribution < 1.29 is 19.0 Å². The largest absolute Gasteiger partial charge is 0.388 e. The van der Waals surface area contributed by atoms with E-state index >= 15 is 0 Å². The molecule has 5 heteroatoms. The number of halogens is 1. The molecule has 0 saturated carbocycles. The molecule has 1 fully saturated rings. The Morgan fingerprint density at radius 2 is 2.10 bits per heavy atom. The lowest BCUT2D eigenvalue weighted by molar-refractivity contribution is -0.145. The Bertz CT molecular complexity index is 470. The van der Waals surface area contributed by atoms with E-state index in [-0.39, 0.29) is 24.5 Å². The molecule has 3 unspecified atom stereocenters. The standard InChI is InChI=1S/C15H20FNO3/c1-10-8-17(9-11(2)20-10)15(19)7-14(18)12-4-3-5-13(16)6-12/h3-6,10-11,14,18H,7-9H2,1-2H3. The summed E-state index contributed by atoms with van der Waals surface area (Å²) >= 11 is 0. The van der Waals surface area contributed by atoms with Crippen molar-refractivity contribution in [1.82, 2.24) is 4.90 Å². The fourth-order valence-electron chi connectivity index (χ4n) is 2.51. The minimum atomic E-state index is -0.980. The van der Waals surface area contributed by atoms with Gasteiger partial charge in [-0.15, -0.1) is 0 Å². The molecule has 3 atom stereocenters. The fraction of sp³-hybridized carbons (Fsp3) is 0.533. The van der Waals surface area contributed by atoms with Crippen LogP contribution >= 0.6 is 0 Å². The number of benzene rings is 1. The third-order valence-electron chi connectivity index (χ3n) is 3.37. The summed E-state index contributed by atoms with van der Waals surface area (Å²) in [7, 11) is 0. The molecule has 20 heavy (non-hydrogen) atoms. The van der Waals surface area contributed by atoms with E-state index in [2.05, 4.69) is 0 Å². The average molecular weight is 281 g/mol. The summed E-state index contributed by atoms with van der Waals surface area (Å²) in [6.07, 6.45) is -1.03. The van der Waals surface area contributed by atoms with Crippen LogP contribution < -0.4 is 0 Å². The minimum absolute atomic E-state index is 0.00554. The summed E-state index contributed by atoms with van der Waals surface area (Å²) < 4.78 is 18.7. The van der Waals surface area contributed by atoms with E-state index in [9.17, 15) is 14.3 Å². The van der Waals surface area contributed by atoms with E-state index in [4.69, 9.17) is 4.74 Å². The van der Waals surface area contributed by atoms with E-state index in [1.165, 1.54) is 18.2 Å². The molecule has 0 bridgehead atoms. The van der Waals surface area contributed by atoms with Crippen molar-refractivity contribution in [3.05, 3.63) is 35.6 Å². The Balaban J connectivity index is 1.97.